The van der Waals surface area contributed by atoms with Gasteiger partial charge in [0, 0.05) is 25.7 Å². The molecular formula is C19H27FN4O2. The first-order chi connectivity index (χ1) is 12.5. The van der Waals surface area contributed by atoms with Crippen molar-refractivity contribution in [3.8, 4) is 5.75 Å². The molecule has 0 amide bonds. The van der Waals surface area contributed by atoms with E-state index >= 15 is 0 Å². The molecule has 1 N–H and O–H groups in total. The number of aliphatic imine (C=N–C) groups is 1. The van der Waals surface area contributed by atoms with E-state index in [4.69, 9.17) is 9.26 Å². The Morgan fingerprint density at radius 2 is 2.12 bits per heavy atom. The number of nitrogens with one attached hydrogen (secondary N) is 1. The molecule has 0 saturated carbocycles. The Labute approximate surface area is 154 Å². The van der Waals surface area contributed by atoms with Crippen LogP contribution in [0.25, 0.3) is 0 Å². The molecule has 7 heteroatoms. The summed E-state index contributed by atoms with van der Waals surface area (Å²) in [6.07, 6.45) is 0.773. The van der Waals surface area contributed by atoms with Gasteiger partial charge >= 0.3 is 0 Å². The van der Waals surface area contributed by atoms with E-state index in [-0.39, 0.29) is 11.6 Å². The van der Waals surface area contributed by atoms with Gasteiger partial charge in [-0.1, -0.05) is 17.3 Å². The maximum Gasteiger partial charge on any atom is 0.193 e. The van der Waals surface area contributed by atoms with Crippen molar-refractivity contribution < 1.29 is 13.7 Å². The quantitative estimate of drug-likeness (QED) is 0.578. The number of halogens is 1. The number of rotatable bonds is 8. The number of hydrogen-bond acceptors (Lipinski definition) is 4. The molecule has 6 nitrogen and oxygen atoms in total. The Hall–Kier alpha value is -2.57. The number of likely N-dealkylation sites (N-methyl/N-ethyl adjacent to an activating group) is 1. The first kappa shape index (κ1) is 19.8. The predicted octanol–water partition coefficient (Wildman–Crippen LogP) is 2.95. The third-order valence-electron chi connectivity index (χ3n) is 4.02. The molecule has 26 heavy (non-hydrogen) atoms. The van der Waals surface area contributed by atoms with Crippen LogP contribution in [0, 0.1) is 19.7 Å². The minimum atomic E-state index is -0.352. The van der Waals surface area contributed by atoms with E-state index < -0.39 is 0 Å². The number of guanidine groups is 1. The van der Waals surface area contributed by atoms with E-state index in [0.29, 0.717) is 19.7 Å². The third kappa shape index (κ3) is 5.47. The highest BCUT2D eigenvalue weighted by atomic mass is 19.1. The summed E-state index contributed by atoms with van der Waals surface area (Å²) < 4.78 is 24.3. The highest BCUT2D eigenvalue weighted by Gasteiger charge is 2.10. The number of benzene rings is 1. The molecule has 0 unspecified atom stereocenters. The summed E-state index contributed by atoms with van der Waals surface area (Å²) in [6, 6.07) is 6.41. The van der Waals surface area contributed by atoms with Gasteiger partial charge in [-0.15, -0.1) is 0 Å². The molecule has 1 heterocycles. The second-order valence-electron chi connectivity index (χ2n) is 5.99. The summed E-state index contributed by atoms with van der Waals surface area (Å²) in [5.74, 6) is 1.54. The van der Waals surface area contributed by atoms with Gasteiger partial charge in [-0.3, -0.25) is 4.99 Å². The van der Waals surface area contributed by atoms with Gasteiger partial charge in [0.25, 0.3) is 0 Å². The molecule has 0 aliphatic carbocycles. The van der Waals surface area contributed by atoms with E-state index in [2.05, 4.69) is 15.5 Å². The zero-order valence-electron chi connectivity index (χ0n) is 15.9. The van der Waals surface area contributed by atoms with Crippen LogP contribution in [0.3, 0.4) is 0 Å². The van der Waals surface area contributed by atoms with E-state index in [9.17, 15) is 4.39 Å². The fraction of sp³-hybridized carbons (Fsp3) is 0.474. The summed E-state index contributed by atoms with van der Waals surface area (Å²) in [4.78, 5) is 6.62. The highest BCUT2D eigenvalue weighted by molar-refractivity contribution is 5.79. The van der Waals surface area contributed by atoms with Crippen LogP contribution in [0.4, 0.5) is 4.39 Å². The summed E-state index contributed by atoms with van der Waals surface area (Å²) in [5, 5.41) is 7.22. The first-order valence-corrected chi connectivity index (χ1v) is 8.81. The second kappa shape index (κ2) is 9.79. The normalized spacial score (nSPS) is 11.5. The molecule has 2 rings (SSSR count). The van der Waals surface area contributed by atoms with Crippen LogP contribution >= 0.6 is 0 Å². The third-order valence-corrected chi connectivity index (χ3v) is 4.02. The van der Waals surface area contributed by atoms with E-state index in [0.717, 1.165) is 35.9 Å². The van der Waals surface area contributed by atoms with Crippen molar-refractivity contribution in [2.24, 2.45) is 4.99 Å². The smallest absolute Gasteiger partial charge is 0.193 e. The summed E-state index contributed by atoms with van der Waals surface area (Å²) >= 11 is 0. The Bertz CT molecular complexity index is 711. The van der Waals surface area contributed by atoms with Gasteiger partial charge in [0.1, 0.15) is 12.4 Å². The average molecular weight is 362 g/mol. The van der Waals surface area contributed by atoms with Gasteiger partial charge in [0.05, 0.1) is 12.2 Å². The molecule has 0 atom stereocenters. The minimum Gasteiger partial charge on any atom is -0.489 e. The summed E-state index contributed by atoms with van der Waals surface area (Å²) in [5.41, 5.74) is 2.02. The SMILES string of the molecule is CCNC(=NCCc1c(C)noc1C)N(C)CCOc1ccccc1F. The van der Waals surface area contributed by atoms with Crippen molar-refractivity contribution in [1.29, 1.82) is 0 Å². The molecule has 2 aromatic rings. The van der Waals surface area contributed by atoms with Crippen LogP contribution in [-0.4, -0.2) is 49.3 Å². The molecule has 0 aliphatic heterocycles. The van der Waals surface area contributed by atoms with E-state index in [1.807, 2.05) is 32.7 Å². The number of para-hydroxylation sites is 1. The highest BCUT2D eigenvalue weighted by Crippen LogP contribution is 2.15. The van der Waals surface area contributed by atoms with E-state index in [1.54, 1.807) is 18.2 Å². The lowest BCUT2D eigenvalue weighted by Crippen LogP contribution is -2.41. The Balaban J connectivity index is 1.87. The second-order valence-corrected chi connectivity index (χ2v) is 5.99. The number of hydrogen-bond donors (Lipinski definition) is 1. The van der Waals surface area contributed by atoms with Crippen LogP contribution < -0.4 is 10.1 Å². The van der Waals surface area contributed by atoms with Gasteiger partial charge in [-0.05, 0) is 39.3 Å². The zero-order chi connectivity index (χ0) is 18.9. The monoisotopic (exact) mass is 362 g/mol. The summed E-state index contributed by atoms with van der Waals surface area (Å²) in [6.45, 7) is 8.22. The first-order valence-electron chi connectivity index (χ1n) is 8.81. The van der Waals surface area contributed by atoms with Gasteiger partial charge in [-0.25, -0.2) is 4.39 Å². The Kier molecular flexibility index (Phi) is 7.44. The lowest BCUT2D eigenvalue weighted by atomic mass is 10.1. The fourth-order valence-electron chi connectivity index (χ4n) is 2.56. The fourth-order valence-corrected chi connectivity index (χ4v) is 2.56. The zero-order valence-corrected chi connectivity index (χ0v) is 15.9. The molecule has 142 valence electrons. The van der Waals surface area contributed by atoms with E-state index in [1.165, 1.54) is 6.07 Å². The van der Waals surface area contributed by atoms with Gasteiger partial charge < -0.3 is 19.5 Å². The van der Waals surface area contributed by atoms with Gasteiger partial charge in [0.2, 0.25) is 0 Å². The standard InChI is InChI=1S/C19H27FN4O2/c1-5-21-19(22-11-10-16-14(2)23-26-15(16)3)24(4)12-13-25-18-9-7-6-8-17(18)20/h6-9H,5,10-13H2,1-4H3,(H,21,22). The number of aromatic nitrogens is 1. The van der Waals surface area contributed by atoms with Crippen molar-refractivity contribution in [3.05, 3.63) is 47.1 Å². The average Bonchev–Trinajstić information content (AvgIpc) is 2.94. The Morgan fingerprint density at radius 1 is 1.35 bits per heavy atom. The lowest BCUT2D eigenvalue weighted by Gasteiger charge is -2.22. The molecule has 0 spiro atoms. The van der Waals surface area contributed by atoms with Crippen LogP contribution in [-0.2, 0) is 6.42 Å². The topological polar surface area (TPSA) is 62.9 Å². The van der Waals surface area contributed by atoms with Gasteiger partial charge in [0.15, 0.2) is 17.5 Å². The number of nitrogens with zero attached hydrogens (tertiary/aromatic N) is 3. The maximum atomic E-state index is 13.6. The number of aryl methyl sites for hydroxylation is 2. The van der Waals surface area contributed by atoms with Crippen LogP contribution in [0.2, 0.25) is 0 Å². The van der Waals surface area contributed by atoms with Crippen molar-refractivity contribution >= 4 is 5.96 Å². The molecule has 0 bridgehead atoms. The van der Waals surface area contributed by atoms with Crippen LogP contribution in [0.5, 0.6) is 5.75 Å². The van der Waals surface area contributed by atoms with Crippen molar-refractivity contribution in [2.75, 3.05) is 33.3 Å². The molecule has 1 aromatic heterocycles. The maximum absolute atomic E-state index is 13.6. The Morgan fingerprint density at radius 3 is 2.77 bits per heavy atom. The summed E-state index contributed by atoms with van der Waals surface area (Å²) in [7, 11) is 1.93. The molecule has 0 aliphatic rings. The number of ether oxygens (including phenoxy) is 1. The predicted molar refractivity (Wildman–Crippen MR) is 100 cm³/mol. The molecular weight excluding hydrogens is 335 g/mol. The minimum absolute atomic E-state index is 0.265. The van der Waals surface area contributed by atoms with Crippen LogP contribution in [0.1, 0.15) is 23.9 Å². The van der Waals surface area contributed by atoms with Crippen LogP contribution in [0.15, 0.2) is 33.8 Å². The van der Waals surface area contributed by atoms with Gasteiger partial charge in [-0.2, -0.15) is 0 Å². The molecule has 1 aromatic carbocycles. The molecule has 0 radical (unpaired) electrons. The lowest BCUT2D eigenvalue weighted by molar-refractivity contribution is 0.270. The molecule has 0 saturated heterocycles. The largest absolute Gasteiger partial charge is 0.489 e. The van der Waals surface area contributed by atoms with Crippen molar-refractivity contribution in [3.63, 3.8) is 0 Å². The van der Waals surface area contributed by atoms with Crippen molar-refractivity contribution in [1.82, 2.24) is 15.4 Å². The molecule has 0 fully saturated rings. The van der Waals surface area contributed by atoms with Crippen molar-refractivity contribution in [2.45, 2.75) is 27.2 Å².